The van der Waals surface area contributed by atoms with Crippen molar-refractivity contribution in [3.63, 3.8) is 0 Å². The van der Waals surface area contributed by atoms with Crippen LogP contribution >= 0.6 is 0 Å². The highest BCUT2D eigenvalue weighted by Crippen LogP contribution is 2.19. The van der Waals surface area contributed by atoms with Crippen molar-refractivity contribution in [2.24, 2.45) is 0 Å². The molecule has 1 fully saturated rings. The van der Waals surface area contributed by atoms with E-state index in [2.05, 4.69) is 10.3 Å². The summed E-state index contributed by atoms with van der Waals surface area (Å²) in [5.74, 6) is -0.654. The number of nitrogens with zero attached hydrogens (tertiary/aromatic N) is 2. The molecule has 0 aromatic carbocycles. The molecule has 1 aliphatic rings. The second kappa shape index (κ2) is 6.51. The number of carbonyl (C=O) groups is 1. The van der Waals surface area contributed by atoms with E-state index >= 15 is 0 Å². The van der Waals surface area contributed by atoms with Gasteiger partial charge in [0.15, 0.2) is 11.9 Å². The molecule has 1 saturated heterocycles. The monoisotopic (exact) mass is 281 g/mol. The molecule has 0 amide bonds. The summed E-state index contributed by atoms with van der Waals surface area (Å²) >= 11 is 0. The van der Waals surface area contributed by atoms with Crippen molar-refractivity contribution in [1.82, 2.24) is 9.55 Å². The number of nitrogens with one attached hydrogen (secondary N) is 1. The van der Waals surface area contributed by atoms with Crippen molar-refractivity contribution >= 4 is 11.8 Å². The molecule has 1 aliphatic heterocycles. The minimum absolute atomic E-state index is 0.165. The highest BCUT2D eigenvalue weighted by molar-refractivity contribution is 5.72. The summed E-state index contributed by atoms with van der Waals surface area (Å²) in [6.07, 6.45) is 4.34. The quantitative estimate of drug-likeness (QED) is 0.797. The first kappa shape index (κ1) is 14.5. The van der Waals surface area contributed by atoms with Gasteiger partial charge in [0.25, 0.3) is 5.56 Å². The van der Waals surface area contributed by atoms with Gasteiger partial charge in [-0.25, -0.2) is 9.78 Å². The van der Waals surface area contributed by atoms with Gasteiger partial charge in [-0.15, -0.1) is 0 Å². The number of anilines is 1. The van der Waals surface area contributed by atoms with Gasteiger partial charge in [-0.2, -0.15) is 0 Å². The fourth-order valence-corrected chi connectivity index (χ4v) is 2.23. The van der Waals surface area contributed by atoms with E-state index < -0.39 is 12.1 Å². The third-order valence-corrected chi connectivity index (χ3v) is 3.26. The molecule has 0 aliphatic carbocycles. The van der Waals surface area contributed by atoms with Crippen molar-refractivity contribution in [3.05, 3.63) is 22.7 Å². The van der Waals surface area contributed by atoms with E-state index in [0.717, 1.165) is 6.42 Å². The number of ether oxygens (including phenoxy) is 1. The van der Waals surface area contributed by atoms with Crippen LogP contribution in [0.3, 0.4) is 0 Å². The molecule has 0 saturated carbocycles. The summed E-state index contributed by atoms with van der Waals surface area (Å²) in [6.45, 7) is 3.04. The van der Waals surface area contributed by atoms with Crippen LogP contribution in [-0.2, 0) is 16.1 Å². The van der Waals surface area contributed by atoms with Crippen LogP contribution in [0.4, 0.5) is 5.82 Å². The van der Waals surface area contributed by atoms with E-state index in [-0.39, 0.29) is 17.5 Å². The van der Waals surface area contributed by atoms with E-state index in [1.807, 2.05) is 6.92 Å². The van der Waals surface area contributed by atoms with Crippen LogP contribution in [0.15, 0.2) is 17.2 Å². The summed E-state index contributed by atoms with van der Waals surface area (Å²) < 4.78 is 6.97. The minimum atomic E-state index is -0.935. The lowest BCUT2D eigenvalue weighted by molar-refractivity contribution is -0.149. The van der Waals surface area contributed by atoms with E-state index in [9.17, 15) is 9.59 Å². The van der Waals surface area contributed by atoms with Gasteiger partial charge in [-0.3, -0.25) is 4.79 Å². The summed E-state index contributed by atoms with van der Waals surface area (Å²) in [6, 6.07) is 0. The van der Waals surface area contributed by atoms with Gasteiger partial charge in [-0.05, 0) is 19.3 Å². The Morgan fingerprint density at radius 3 is 3.05 bits per heavy atom. The maximum absolute atomic E-state index is 12.0. The van der Waals surface area contributed by atoms with Gasteiger partial charge >= 0.3 is 5.97 Å². The normalized spacial score (nSPS) is 21.9. The number of hydrogen-bond acceptors (Lipinski definition) is 5. The fourth-order valence-electron chi connectivity index (χ4n) is 2.23. The minimum Gasteiger partial charge on any atom is -0.479 e. The van der Waals surface area contributed by atoms with Crippen LogP contribution in [0, 0.1) is 0 Å². The Labute approximate surface area is 116 Å². The van der Waals surface area contributed by atoms with E-state index in [0.29, 0.717) is 25.9 Å². The standard InChI is InChI=1S/C13H19N3O4/c1-2-6-16-7-5-14-11(12(16)17)15-8-9-3-4-10(20-9)13(18)19/h5,7,9-10H,2-4,6,8H2,1H3,(H,14,15)(H,18,19). The zero-order chi connectivity index (χ0) is 14.5. The predicted octanol–water partition coefficient (Wildman–Crippen LogP) is 0.697. The number of carboxylic acid groups (broad SMARTS) is 1. The average Bonchev–Trinajstić information content (AvgIpc) is 2.89. The highest BCUT2D eigenvalue weighted by Gasteiger charge is 2.30. The van der Waals surface area contributed by atoms with Gasteiger partial charge in [0.1, 0.15) is 0 Å². The van der Waals surface area contributed by atoms with Gasteiger partial charge in [0.2, 0.25) is 0 Å². The topological polar surface area (TPSA) is 93.5 Å². The summed E-state index contributed by atoms with van der Waals surface area (Å²) in [5.41, 5.74) is -0.165. The van der Waals surface area contributed by atoms with Crippen LogP contribution < -0.4 is 10.9 Å². The Bertz CT molecular complexity index is 529. The number of hydrogen-bond donors (Lipinski definition) is 2. The van der Waals surface area contributed by atoms with Crippen LogP contribution in [0.2, 0.25) is 0 Å². The molecule has 0 radical (unpaired) electrons. The van der Waals surface area contributed by atoms with Gasteiger partial charge in [0, 0.05) is 25.5 Å². The highest BCUT2D eigenvalue weighted by atomic mass is 16.5. The number of carboxylic acids is 1. The van der Waals surface area contributed by atoms with Crippen molar-refractivity contribution < 1.29 is 14.6 Å². The number of aryl methyl sites for hydroxylation is 1. The molecular weight excluding hydrogens is 262 g/mol. The van der Waals surface area contributed by atoms with Crippen molar-refractivity contribution in [1.29, 1.82) is 0 Å². The zero-order valence-corrected chi connectivity index (χ0v) is 11.4. The first-order valence-corrected chi connectivity index (χ1v) is 6.79. The first-order chi connectivity index (χ1) is 9.61. The smallest absolute Gasteiger partial charge is 0.332 e. The maximum atomic E-state index is 12.0. The number of aromatic nitrogens is 2. The Morgan fingerprint density at radius 2 is 2.40 bits per heavy atom. The zero-order valence-electron chi connectivity index (χ0n) is 11.4. The molecule has 2 rings (SSSR count). The molecule has 7 heteroatoms. The SMILES string of the molecule is CCCn1ccnc(NCC2CCC(C(=O)O)O2)c1=O. The largest absolute Gasteiger partial charge is 0.479 e. The predicted molar refractivity (Wildman–Crippen MR) is 72.8 cm³/mol. The lowest BCUT2D eigenvalue weighted by atomic mass is 10.2. The van der Waals surface area contributed by atoms with Gasteiger partial charge in [-0.1, -0.05) is 6.92 Å². The molecular formula is C13H19N3O4. The second-order valence-electron chi connectivity index (χ2n) is 4.82. The lowest BCUT2D eigenvalue weighted by Crippen LogP contribution is -2.29. The van der Waals surface area contributed by atoms with Crippen molar-refractivity contribution in [2.45, 2.75) is 44.9 Å². The van der Waals surface area contributed by atoms with Gasteiger partial charge < -0.3 is 19.7 Å². The molecule has 2 unspecified atom stereocenters. The lowest BCUT2D eigenvalue weighted by Gasteiger charge is -2.13. The Hall–Kier alpha value is -1.89. The van der Waals surface area contributed by atoms with E-state index in [4.69, 9.17) is 9.84 Å². The van der Waals surface area contributed by atoms with Crippen LogP contribution in [0.25, 0.3) is 0 Å². The second-order valence-corrected chi connectivity index (χ2v) is 4.82. The Morgan fingerprint density at radius 1 is 1.60 bits per heavy atom. The first-order valence-electron chi connectivity index (χ1n) is 6.79. The van der Waals surface area contributed by atoms with Crippen LogP contribution in [-0.4, -0.2) is 39.4 Å². The summed E-state index contributed by atoms with van der Waals surface area (Å²) in [7, 11) is 0. The molecule has 2 atom stereocenters. The van der Waals surface area contributed by atoms with Crippen molar-refractivity contribution in [3.8, 4) is 0 Å². The third-order valence-electron chi connectivity index (χ3n) is 3.26. The van der Waals surface area contributed by atoms with Crippen LogP contribution in [0.5, 0.6) is 0 Å². The van der Waals surface area contributed by atoms with Crippen molar-refractivity contribution in [2.75, 3.05) is 11.9 Å². The molecule has 0 spiro atoms. The molecule has 1 aromatic rings. The maximum Gasteiger partial charge on any atom is 0.332 e. The molecule has 2 heterocycles. The number of rotatable bonds is 6. The Kier molecular flexibility index (Phi) is 4.73. The molecule has 7 nitrogen and oxygen atoms in total. The summed E-state index contributed by atoms with van der Waals surface area (Å²) in [5, 5.41) is 11.8. The molecule has 20 heavy (non-hydrogen) atoms. The van der Waals surface area contributed by atoms with E-state index in [1.54, 1.807) is 17.0 Å². The molecule has 0 bridgehead atoms. The molecule has 110 valence electrons. The van der Waals surface area contributed by atoms with E-state index in [1.165, 1.54) is 0 Å². The average molecular weight is 281 g/mol. The van der Waals surface area contributed by atoms with Gasteiger partial charge in [0.05, 0.1) is 6.10 Å². The third kappa shape index (κ3) is 3.36. The summed E-state index contributed by atoms with van der Waals surface area (Å²) in [4.78, 5) is 26.8. The molecule has 2 N–H and O–H groups in total. The fraction of sp³-hybridized carbons (Fsp3) is 0.615. The molecule has 1 aromatic heterocycles. The number of aliphatic carboxylic acids is 1. The Balaban J connectivity index is 1.93. The van der Waals surface area contributed by atoms with Crippen LogP contribution in [0.1, 0.15) is 26.2 Å².